The van der Waals surface area contributed by atoms with Crippen LogP contribution in [0.4, 0.5) is 5.95 Å². The molecule has 0 saturated heterocycles. The first-order chi connectivity index (χ1) is 7.97. The molecule has 0 saturated carbocycles. The molecule has 0 aromatic carbocycles. The first-order valence-corrected chi connectivity index (χ1v) is 6.76. The van der Waals surface area contributed by atoms with Gasteiger partial charge in [-0.25, -0.2) is 5.10 Å². The number of aromatic amines is 1. The summed E-state index contributed by atoms with van der Waals surface area (Å²) in [5.74, 6) is 1.64. The van der Waals surface area contributed by atoms with Crippen molar-refractivity contribution in [1.82, 2.24) is 14.8 Å². The minimum atomic E-state index is 0.468. The first kappa shape index (κ1) is 14.2. The topological polar surface area (TPSA) is 36.9 Å². The summed E-state index contributed by atoms with van der Waals surface area (Å²) in [4.78, 5) is 2.21. The highest BCUT2D eigenvalue weighted by Crippen LogP contribution is 2.17. The van der Waals surface area contributed by atoms with Gasteiger partial charge in [-0.15, -0.1) is 5.10 Å². The number of rotatable bonds is 6. The molecule has 17 heavy (non-hydrogen) atoms. The Hall–Kier alpha value is -0.840. The van der Waals surface area contributed by atoms with Gasteiger partial charge in [0, 0.05) is 19.6 Å². The van der Waals surface area contributed by atoms with Crippen LogP contribution in [0.15, 0.2) is 0 Å². The van der Waals surface area contributed by atoms with Crippen molar-refractivity contribution in [2.75, 3.05) is 11.9 Å². The first-order valence-electron chi connectivity index (χ1n) is 6.35. The molecule has 0 spiro atoms. The summed E-state index contributed by atoms with van der Waals surface area (Å²) in [7, 11) is 2.09. The molecule has 1 aromatic heterocycles. The zero-order valence-corrected chi connectivity index (χ0v) is 12.3. The lowest BCUT2D eigenvalue weighted by atomic mass is 10.0. The van der Waals surface area contributed by atoms with Crippen molar-refractivity contribution < 1.29 is 0 Å². The number of aromatic nitrogens is 3. The van der Waals surface area contributed by atoms with Crippen LogP contribution in [0.25, 0.3) is 0 Å². The Morgan fingerprint density at radius 1 is 1.41 bits per heavy atom. The fourth-order valence-corrected chi connectivity index (χ4v) is 2.26. The predicted molar refractivity (Wildman–Crippen MR) is 75.0 cm³/mol. The van der Waals surface area contributed by atoms with E-state index in [1.54, 1.807) is 0 Å². The third-order valence-electron chi connectivity index (χ3n) is 2.97. The van der Waals surface area contributed by atoms with Gasteiger partial charge in [0.15, 0.2) is 4.77 Å². The lowest BCUT2D eigenvalue weighted by molar-refractivity contribution is 0.493. The number of anilines is 1. The quantitative estimate of drug-likeness (QED) is 0.794. The van der Waals surface area contributed by atoms with Crippen LogP contribution in [0.2, 0.25) is 0 Å². The van der Waals surface area contributed by atoms with E-state index in [9.17, 15) is 0 Å². The van der Waals surface area contributed by atoms with E-state index in [1.807, 2.05) is 0 Å². The average molecular weight is 256 g/mol. The van der Waals surface area contributed by atoms with Crippen molar-refractivity contribution in [2.24, 2.45) is 5.92 Å². The molecule has 0 aliphatic heterocycles. The Morgan fingerprint density at radius 3 is 2.59 bits per heavy atom. The van der Waals surface area contributed by atoms with Crippen LogP contribution in [-0.2, 0) is 6.54 Å². The number of H-pyrrole nitrogens is 1. The van der Waals surface area contributed by atoms with Crippen LogP contribution >= 0.6 is 12.2 Å². The number of nitrogens with zero attached hydrogens (tertiary/aromatic N) is 3. The van der Waals surface area contributed by atoms with Crippen LogP contribution in [0.3, 0.4) is 0 Å². The van der Waals surface area contributed by atoms with Crippen molar-refractivity contribution in [3.05, 3.63) is 4.77 Å². The Labute approximate surface area is 109 Å². The molecule has 0 bridgehead atoms. The van der Waals surface area contributed by atoms with Crippen LogP contribution in [0.5, 0.6) is 0 Å². The van der Waals surface area contributed by atoms with Gasteiger partial charge in [0.25, 0.3) is 0 Å². The van der Waals surface area contributed by atoms with Gasteiger partial charge >= 0.3 is 0 Å². The molecule has 1 rings (SSSR count). The van der Waals surface area contributed by atoms with Crippen molar-refractivity contribution >= 4 is 18.2 Å². The van der Waals surface area contributed by atoms with Crippen LogP contribution in [-0.4, -0.2) is 27.9 Å². The summed E-state index contributed by atoms with van der Waals surface area (Å²) < 4.78 is 2.79. The third-order valence-corrected chi connectivity index (χ3v) is 3.29. The fourth-order valence-electron chi connectivity index (χ4n) is 2.04. The zero-order valence-electron chi connectivity index (χ0n) is 11.5. The summed E-state index contributed by atoms with van der Waals surface area (Å²) in [5, 5.41) is 7.22. The van der Waals surface area contributed by atoms with Crippen molar-refractivity contribution in [3.63, 3.8) is 0 Å². The second-order valence-electron chi connectivity index (χ2n) is 5.07. The van der Waals surface area contributed by atoms with E-state index < -0.39 is 0 Å². The second kappa shape index (κ2) is 6.19. The summed E-state index contributed by atoms with van der Waals surface area (Å²) in [6, 6.07) is 0.468. The summed E-state index contributed by atoms with van der Waals surface area (Å²) in [5.41, 5.74) is 0. The molecule has 0 fully saturated rings. The molecule has 0 amide bonds. The molecule has 1 N–H and O–H groups in total. The van der Waals surface area contributed by atoms with Gasteiger partial charge in [-0.1, -0.05) is 20.8 Å². The van der Waals surface area contributed by atoms with Crippen LogP contribution < -0.4 is 4.90 Å². The van der Waals surface area contributed by atoms with E-state index in [1.165, 1.54) is 0 Å². The lowest BCUT2D eigenvalue weighted by Gasteiger charge is -2.27. The Morgan fingerprint density at radius 2 is 2.06 bits per heavy atom. The Bertz CT molecular complexity index is 393. The molecular formula is C12H24N4S. The van der Waals surface area contributed by atoms with Gasteiger partial charge < -0.3 is 4.90 Å². The highest BCUT2D eigenvalue weighted by molar-refractivity contribution is 7.71. The summed E-state index contributed by atoms with van der Waals surface area (Å²) in [6.45, 7) is 9.79. The van der Waals surface area contributed by atoms with E-state index in [0.717, 1.165) is 25.3 Å². The Kier molecular flexibility index (Phi) is 5.18. The largest absolute Gasteiger partial charge is 0.341 e. The van der Waals surface area contributed by atoms with E-state index in [4.69, 9.17) is 12.2 Å². The number of hydrogen-bond acceptors (Lipinski definition) is 3. The summed E-state index contributed by atoms with van der Waals surface area (Å²) in [6.07, 6.45) is 2.22. The van der Waals surface area contributed by atoms with E-state index in [-0.39, 0.29) is 0 Å². The molecule has 0 aliphatic rings. The molecule has 0 aliphatic carbocycles. The van der Waals surface area contributed by atoms with E-state index in [0.29, 0.717) is 16.7 Å². The van der Waals surface area contributed by atoms with Gasteiger partial charge in [-0.2, -0.15) is 0 Å². The maximum atomic E-state index is 5.25. The molecule has 4 nitrogen and oxygen atoms in total. The predicted octanol–water partition coefficient (Wildman–Crippen LogP) is 3.22. The SMILES string of the molecule is CCCn1c(N(C)C(C)CC(C)C)n[nH]c1=S. The minimum Gasteiger partial charge on any atom is -0.341 e. The smallest absolute Gasteiger partial charge is 0.225 e. The van der Waals surface area contributed by atoms with Gasteiger partial charge in [0.05, 0.1) is 0 Å². The lowest BCUT2D eigenvalue weighted by Crippen LogP contribution is -2.32. The average Bonchev–Trinajstić information content (AvgIpc) is 2.59. The molecule has 5 heteroatoms. The highest BCUT2D eigenvalue weighted by atomic mass is 32.1. The van der Waals surface area contributed by atoms with Crippen LogP contribution in [0, 0.1) is 10.7 Å². The normalized spacial score (nSPS) is 13.1. The van der Waals surface area contributed by atoms with Gasteiger partial charge in [0.2, 0.25) is 5.95 Å². The second-order valence-corrected chi connectivity index (χ2v) is 5.46. The maximum Gasteiger partial charge on any atom is 0.225 e. The minimum absolute atomic E-state index is 0.468. The van der Waals surface area contributed by atoms with Crippen molar-refractivity contribution in [2.45, 2.75) is 53.1 Å². The monoisotopic (exact) mass is 256 g/mol. The Balaban J connectivity index is 2.87. The van der Waals surface area contributed by atoms with E-state index >= 15 is 0 Å². The molecule has 98 valence electrons. The standard InChI is InChI=1S/C12H24N4S/c1-6-7-16-11(13-14-12(16)17)15(5)10(4)8-9(2)3/h9-10H,6-8H2,1-5H3,(H,14,17). The zero-order chi connectivity index (χ0) is 13.0. The van der Waals surface area contributed by atoms with E-state index in [2.05, 4.69) is 54.4 Å². The fraction of sp³-hybridized carbons (Fsp3) is 0.833. The summed E-state index contributed by atoms with van der Waals surface area (Å²) >= 11 is 5.25. The number of hydrogen-bond donors (Lipinski definition) is 1. The van der Waals surface area contributed by atoms with Crippen molar-refractivity contribution in [1.29, 1.82) is 0 Å². The van der Waals surface area contributed by atoms with Gasteiger partial charge in [-0.05, 0) is 37.9 Å². The maximum absolute atomic E-state index is 5.25. The molecular weight excluding hydrogens is 232 g/mol. The number of nitrogens with one attached hydrogen (secondary N) is 1. The molecule has 0 radical (unpaired) electrons. The van der Waals surface area contributed by atoms with Crippen LogP contribution in [0.1, 0.15) is 40.5 Å². The van der Waals surface area contributed by atoms with Crippen molar-refractivity contribution in [3.8, 4) is 0 Å². The molecule has 1 heterocycles. The van der Waals surface area contributed by atoms with Gasteiger partial charge in [0.1, 0.15) is 0 Å². The van der Waals surface area contributed by atoms with Gasteiger partial charge in [-0.3, -0.25) is 4.57 Å². The third kappa shape index (κ3) is 3.56. The molecule has 1 aromatic rings. The molecule has 1 atom stereocenters. The molecule has 1 unspecified atom stereocenters. The highest BCUT2D eigenvalue weighted by Gasteiger charge is 2.17.